The van der Waals surface area contributed by atoms with E-state index < -0.39 is 0 Å². The van der Waals surface area contributed by atoms with Gasteiger partial charge in [-0.2, -0.15) is 0 Å². The Hall–Kier alpha value is -1.79. The van der Waals surface area contributed by atoms with Gasteiger partial charge in [-0.3, -0.25) is 14.7 Å². The maximum absolute atomic E-state index is 11.4. The largest absolute Gasteiger partial charge is 0.469 e. The van der Waals surface area contributed by atoms with Crippen molar-refractivity contribution < 1.29 is 9.53 Å². The van der Waals surface area contributed by atoms with Crippen LogP contribution in [0, 0.1) is 5.92 Å². The molecule has 5 nitrogen and oxygen atoms in total. The van der Waals surface area contributed by atoms with Gasteiger partial charge in [0.1, 0.15) is 5.01 Å². The lowest BCUT2D eigenvalue weighted by Gasteiger charge is -2.18. The number of thiazole rings is 1. The fourth-order valence-corrected chi connectivity index (χ4v) is 2.86. The molecule has 1 atom stereocenters. The summed E-state index contributed by atoms with van der Waals surface area (Å²) in [5.41, 5.74) is 1.87. The summed E-state index contributed by atoms with van der Waals surface area (Å²) in [6.07, 6.45) is 1.76. The first-order valence-electron chi connectivity index (χ1n) is 6.72. The van der Waals surface area contributed by atoms with E-state index in [4.69, 9.17) is 4.74 Å². The Kier molecular flexibility index (Phi) is 5.41. The number of hydrogen-bond acceptors (Lipinski definition) is 6. The Morgan fingerprint density at radius 3 is 2.95 bits per heavy atom. The molecule has 0 spiro atoms. The molecule has 0 amide bonds. The van der Waals surface area contributed by atoms with E-state index in [1.54, 1.807) is 17.5 Å². The van der Waals surface area contributed by atoms with Crippen LogP contribution in [-0.4, -0.2) is 41.5 Å². The number of pyridine rings is 1. The maximum Gasteiger partial charge on any atom is 0.309 e. The number of carbonyl (C=O) groups is 1. The van der Waals surface area contributed by atoms with Crippen LogP contribution >= 0.6 is 11.3 Å². The summed E-state index contributed by atoms with van der Waals surface area (Å²) in [6, 6.07) is 5.79. The summed E-state index contributed by atoms with van der Waals surface area (Å²) in [5, 5.41) is 2.95. The molecule has 6 heteroatoms. The molecule has 2 heterocycles. The third-order valence-corrected chi connectivity index (χ3v) is 3.97. The normalized spacial score (nSPS) is 12.4. The number of rotatable bonds is 6. The topological polar surface area (TPSA) is 55.3 Å². The lowest BCUT2D eigenvalue weighted by molar-refractivity contribution is -0.145. The number of aromatic nitrogens is 2. The molecule has 112 valence electrons. The van der Waals surface area contributed by atoms with Crippen LogP contribution < -0.4 is 0 Å². The van der Waals surface area contributed by atoms with Crippen LogP contribution in [-0.2, 0) is 16.1 Å². The van der Waals surface area contributed by atoms with E-state index in [1.807, 2.05) is 37.6 Å². The molecule has 2 rings (SSSR count). The van der Waals surface area contributed by atoms with Crippen molar-refractivity contribution in [2.24, 2.45) is 5.92 Å². The van der Waals surface area contributed by atoms with Crippen molar-refractivity contribution in [2.75, 3.05) is 20.7 Å². The van der Waals surface area contributed by atoms with Crippen LogP contribution in [0.4, 0.5) is 0 Å². The van der Waals surface area contributed by atoms with Crippen LogP contribution in [0.1, 0.15) is 12.6 Å². The quantitative estimate of drug-likeness (QED) is 0.767. The average Bonchev–Trinajstić information content (AvgIpc) is 2.95. The highest BCUT2D eigenvalue weighted by molar-refractivity contribution is 7.13. The molecular weight excluding hydrogens is 286 g/mol. The van der Waals surface area contributed by atoms with Crippen LogP contribution in [0.5, 0.6) is 0 Å². The Bertz CT molecular complexity index is 586. The predicted octanol–water partition coefficient (Wildman–Crippen LogP) is 2.45. The minimum Gasteiger partial charge on any atom is -0.469 e. The van der Waals surface area contributed by atoms with Crippen LogP contribution in [0.2, 0.25) is 0 Å². The van der Waals surface area contributed by atoms with Crippen LogP contribution in [0.3, 0.4) is 0 Å². The van der Waals surface area contributed by atoms with Crippen molar-refractivity contribution in [2.45, 2.75) is 13.5 Å². The van der Waals surface area contributed by atoms with E-state index in [0.29, 0.717) is 13.1 Å². The summed E-state index contributed by atoms with van der Waals surface area (Å²) < 4.78 is 4.74. The summed E-state index contributed by atoms with van der Waals surface area (Å²) in [4.78, 5) is 22.4. The number of ether oxygens (including phenoxy) is 1. The molecule has 0 saturated carbocycles. The van der Waals surface area contributed by atoms with Gasteiger partial charge in [0.25, 0.3) is 0 Å². The number of carbonyl (C=O) groups excluding carboxylic acids is 1. The standard InChI is InChI=1S/C15H19N3O2S/c1-11(15(19)20-3)8-18(2)9-12-10-21-14(17-12)13-6-4-5-7-16-13/h4-7,10-11H,8-9H2,1-3H3. The number of nitrogens with zero attached hydrogens (tertiary/aromatic N) is 3. The van der Waals surface area contributed by atoms with E-state index in [-0.39, 0.29) is 11.9 Å². The predicted molar refractivity (Wildman–Crippen MR) is 82.9 cm³/mol. The summed E-state index contributed by atoms with van der Waals surface area (Å²) in [7, 11) is 3.39. The molecule has 0 fully saturated rings. The third kappa shape index (κ3) is 4.34. The van der Waals surface area contributed by atoms with Crippen molar-refractivity contribution in [1.82, 2.24) is 14.9 Å². The van der Waals surface area contributed by atoms with E-state index in [1.165, 1.54) is 7.11 Å². The van der Waals surface area contributed by atoms with Gasteiger partial charge in [-0.1, -0.05) is 13.0 Å². The first-order chi connectivity index (χ1) is 10.1. The first-order valence-corrected chi connectivity index (χ1v) is 7.60. The monoisotopic (exact) mass is 305 g/mol. The second-order valence-electron chi connectivity index (χ2n) is 4.98. The zero-order chi connectivity index (χ0) is 15.2. The van der Waals surface area contributed by atoms with Gasteiger partial charge in [-0.15, -0.1) is 11.3 Å². The Balaban J connectivity index is 1.95. The molecule has 0 N–H and O–H groups in total. The van der Waals surface area contributed by atoms with Gasteiger partial charge >= 0.3 is 5.97 Å². The van der Waals surface area contributed by atoms with Crippen molar-refractivity contribution >= 4 is 17.3 Å². The molecule has 0 radical (unpaired) electrons. The zero-order valence-corrected chi connectivity index (χ0v) is 13.3. The number of hydrogen-bond donors (Lipinski definition) is 0. The average molecular weight is 305 g/mol. The number of esters is 1. The van der Waals surface area contributed by atoms with E-state index in [9.17, 15) is 4.79 Å². The minimum absolute atomic E-state index is 0.145. The molecule has 2 aromatic rings. The molecule has 0 aliphatic rings. The lowest BCUT2D eigenvalue weighted by Crippen LogP contribution is -2.29. The van der Waals surface area contributed by atoms with Gasteiger partial charge in [0, 0.05) is 24.7 Å². The van der Waals surface area contributed by atoms with Crippen molar-refractivity contribution in [1.29, 1.82) is 0 Å². The van der Waals surface area contributed by atoms with Gasteiger partial charge in [0.15, 0.2) is 0 Å². The highest BCUT2D eigenvalue weighted by atomic mass is 32.1. The van der Waals surface area contributed by atoms with Gasteiger partial charge in [0.2, 0.25) is 0 Å². The van der Waals surface area contributed by atoms with Gasteiger partial charge in [0.05, 0.1) is 24.4 Å². The molecule has 0 aliphatic carbocycles. The lowest BCUT2D eigenvalue weighted by atomic mass is 10.2. The van der Waals surface area contributed by atoms with E-state index >= 15 is 0 Å². The van der Waals surface area contributed by atoms with Crippen molar-refractivity contribution in [3.63, 3.8) is 0 Å². The second-order valence-corrected chi connectivity index (χ2v) is 5.84. The van der Waals surface area contributed by atoms with Crippen LogP contribution in [0.15, 0.2) is 29.8 Å². The molecule has 0 aromatic carbocycles. The second kappa shape index (κ2) is 7.28. The zero-order valence-electron chi connectivity index (χ0n) is 12.4. The SMILES string of the molecule is COC(=O)C(C)CN(C)Cc1csc(-c2ccccn2)n1. The summed E-state index contributed by atoms with van der Waals surface area (Å²) >= 11 is 1.58. The molecule has 1 unspecified atom stereocenters. The fraction of sp³-hybridized carbons (Fsp3) is 0.400. The van der Waals surface area contributed by atoms with E-state index in [0.717, 1.165) is 16.4 Å². The maximum atomic E-state index is 11.4. The molecule has 0 saturated heterocycles. The summed E-state index contributed by atoms with van der Waals surface area (Å²) in [5.74, 6) is -0.330. The molecule has 21 heavy (non-hydrogen) atoms. The highest BCUT2D eigenvalue weighted by Gasteiger charge is 2.16. The highest BCUT2D eigenvalue weighted by Crippen LogP contribution is 2.22. The van der Waals surface area contributed by atoms with Gasteiger partial charge < -0.3 is 4.74 Å². The molecule has 2 aromatic heterocycles. The van der Waals surface area contributed by atoms with Gasteiger partial charge in [-0.25, -0.2) is 4.98 Å². The van der Waals surface area contributed by atoms with Crippen molar-refractivity contribution in [3.05, 3.63) is 35.5 Å². The first kappa shape index (κ1) is 15.6. The van der Waals surface area contributed by atoms with Crippen molar-refractivity contribution in [3.8, 4) is 10.7 Å². The smallest absolute Gasteiger partial charge is 0.309 e. The molecular formula is C15H19N3O2S. The molecule has 0 bridgehead atoms. The molecule has 0 aliphatic heterocycles. The van der Waals surface area contributed by atoms with Gasteiger partial charge in [-0.05, 0) is 19.2 Å². The number of methoxy groups -OCH3 is 1. The third-order valence-electron chi connectivity index (χ3n) is 3.06. The summed E-state index contributed by atoms with van der Waals surface area (Å²) in [6.45, 7) is 3.20. The minimum atomic E-state index is -0.186. The fourth-order valence-electron chi connectivity index (χ4n) is 2.07. The Labute approximate surface area is 128 Å². The Morgan fingerprint density at radius 2 is 2.29 bits per heavy atom. The van der Waals surface area contributed by atoms with E-state index in [2.05, 4.69) is 14.9 Å². The van der Waals surface area contributed by atoms with Crippen LogP contribution in [0.25, 0.3) is 10.7 Å². The Morgan fingerprint density at radius 1 is 1.48 bits per heavy atom.